The molecule has 0 amide bonds. The van der Waals surface area contributed by atoms with Crippen LogP contribution in [0.2, 0.25) is 0 Å². The van der Waals surface area contributed by atoms with Gasteiger partial charge in [-0.25, -0.2) is 0 Å². The molecule has 0 saturated heterocycles. The quantitative estimate of drug-likeness (QED) is 0.494. The molecule has 0 spiro atoms. The van der Waals surface area contributed by atoms with Crippen molar-refractivity contribution < 1.29 is 23.8 Å². The van der Waals surface area contributed by atoms with Gasteiger partial charge in [0.15, 0.2) is 17.8 Å². The van der Waals surface area contributed by atoms with E-state index in [1.165, 1.54) is 4.68 Å². The summed E-state index contributed by atoms with van der Waals surface area (Å²) in [5.74, 6) is 0.721. The predicted octanol–water partition coefficient (Wildman–Crippen LogP) is 2.83. The van der Waals surface area contributed by atoms with Gasteiger partial charge in [0.1, 0.15) is 13.2 Å². The van der Waals surface area contributed by atoms with Gasteiger partial charge in [0.2, 0.25) is 6.79 Å². The minimum absolute atomic E-state index is 0.0200. The molecule has 7 nitrogen and oxygen atoms in total. The van der Waals surface area contributed by atoms with Gasteiger partial charge in [0.25, 0.3) is 0 Å². The first-order chi connectivity index (χ1) is 13.2. The van der Waals surface area contributed by atoms with E-state index in [0.29, 0.717) is 28.2 Å². The van der Waals surface area contributed by atoms with E-state index in [9.17, 15) is 9.59 Å². The van der Waals surface area contributed by atoms with Crippen LogP contribution in [-0.2, 0) is 22.7 Å². The zero-order chi connectivity index (χ0) is 18.6. The Morgan fingerprint density at radius 2 is 1.96 bits per heavy atom. The van der Waals surface area contributed by atoms with Gasteiger partial charge >= 0.3 is 5.97 Å². The Hall–Kier alpha value is -3.61. The second kappa shape index (κ2) is 7.33. The average Bonchev–Trinajstić information content (AvgIpc) is 3.35. The Morgan fingerprint density at radius 1 is 1.19 bits per heavy atom. The van der Waals surface area contributed by atoms with Crippen molar-refractivity contribution in [1.29, 1.82) is 0 Å². The number of fused-ring (bicyclic) bond motifs is 1. The highest BCUT2D eigenvalue weighted by Crippen LogP contribution is 2.38. The molecule has 0 aliphatic carbocycles. The van der Waals surface area contributed by atoms with Crippen LogP contribution in [0.4, 0.5) is 0 Å². The van der Waals surface area contributed by atoms with E-state index in [1.807, 2.05) is 30.3 Å². The van der Waals surface area contributed by atoms with Crippen molar-refractivity contribution in [1.82, 2.24) is 9.78 Å². The van der Waals surface area contributed by atoms with Crippen molar-refractivity contribution >= 4 is 12.3 Å². The molecule has 2 aromatic carbocycles. The van der Waals surface area contributed by atoms with Crippen LogP contribution in [0.15, 0.2) is 54.9 Å². The van der Waals surface area contributed by atoms with Crippen LogP contribution in [0.25, 0.3) is 11.1 Å². The lowest BCUT2D eigenvalue weighted by molar-refractivity contribution is -0.145. The first kappa shape index (κ1) is 16.8. The maximum Gasteiger partial charge on any atom is 0.328 e. The molecule has 136 valence electrons. The fraction of sp³-hybridized carbons (Fsp3) is 0.150. The van der Waals surface area contributed by atoms with Gasteiger partial charge in [0, 0.05) is 17.3 Å². The fourth-order valence-electron chi connectivity index (χ4n) is 2.81. The molecule has 0 fully saturated rings. The monoisotopic (exact) mass is 364 g/mol. The molecule has 0 N–H and O–H groups in total. The van der Waals surface area contributed by atoms with E-state index in [1.54, 1.807) is 24.5 Å². The zero-order valence-corrected chi connectivity index (χ0v) is 14.3. The van der Waals surface area contributed by atoms with Crippen molar-refractivity contribution in [2.45, 2.75) is 13.2 Å². The van der Waals surface area contributed by atoms with Gasteiger partial charge in [-0.05, 0) is 23.3 Å². The summed E-state index contributed by atoms with van der Waals surface area (Å²) in [6, 6.07) is 12.8. The number of carbonyl (C=O) groups excluding carboxylic acids is 2. The number of nitrogens with zero attached hydrogens (tertiary/aromatic N) is 2. The smallest absolute Gasteiger partial charge is 0.328 e. The highest BCUT2D eigenvalue weighted by molar-refractivity contribution is 5.89. The van der Waals surface area contributed by atoms with E-state index in [2.05, 4.69) is 5.10 Å². The van der Waals surface area contributed by atoms with Crippen LogP contribution in [0.5, 0.6) is 11.5 Å². The molecule has 0 saturated carbocycles. The molecule has 0 unspecified atom stereocenters. The molecular weight excluding hydrogens is 348 g/mol. The van der Waals surface area contributed by atoms with Crippen LogP contribution in [0.1, 0.15) is 15.9 Å². The number of benzene rings is 2. The van der Waals surface area contributed by atoms with Crippen LogP contribution in [0.3, 0.4) is 0 Å². The van der Waals surface area contributed by atoms with Gasteiger partial charge in [-0.2, -0.15) is 5.10 Å². The number of esters is 1. The molecule has 3 aromatic rings. The third-order valence-electron chi connectivity index (χ3n) is 4.15. The summed E-state index contributed by atoms with van der Waals surface area (Å²) in [5, 5.41) is 4.18. The Bertz CT molecular complexity index is 981. The molecule has 0 bridgehead atoms. The summed E-state index contributed by atoms with van der Waals surface area (Å²) >= 11 is 0. The molecule has 4 rings (SSSR count). The van der Waals surface area contributed by atoms with E-state index in [-0.39, 0.29) is 19.9 Å². The first-order valence-electron chi connectivity index (χ1n) is 8.34. The Balaban J connectivity index is 1.46. The SMILES string of the molecule is O=Cc1cc2c(cc1-c1cnn(CC(=O)OCc3ccccc3)c1)OCO2. The summed E-state index contributed by atoms with van der Waals surface area (Å²) in [6.07, 6.45) is 4.03. The highest BCUT2D eigenvalue weighted by atomic mass is 16.7. The molecule has 1 aromatic heterocycles. The Labute approximate surface area is 155 Å². The van der Waals surface area contributed by atoms with Gasteiger partial charge in [-0.15, -0.1) is 0 Å². The number of aromatic nitrogens is 2. The summed E-state index contributed by atoms with van der Waals surface area (Å²) in [6.45, 7) is 0.322. The van der Waals surface area contributed by atoms with Gasteiger partial charge in [-0.3, -0.25) is 14.3 Å². The zero-order valence-electron chi connectivity index (χ0n) is 14.3. The number of hydrogen-bond acceptors (Lipinski definition) is 6. The maximum absolute atomic E-state index is 12.0. The van der Waals surface area contributed by atoms with Gasteiger partial charge in [0.05, 0.1) is 6.20 Å². The van der Waals surface area contributed by atoms with Crippen molar-refractivity contribution in [3.8, 4) is 22.6 Å². The average molecular weight is 364 g/mol. The van der Waals surface area contributed by atoms with Crippen LogP contribution < -0.4 is 9.47 Å². The van der Waals surface area contributed by atoms with Crippen molar-refractivity contribution in [3.63, 3.8) is 0 Å². The van der Waals surface area contributed by atoms with E-state index in [4.69, 9.17) is 14.2 Å². The Morgan fingerprint density at radius 3 is 2.74 bits per heavy atom. The second-order valence-corrected chi connectivity index (χ2v) is 5.98. The predicted molar refractivity (Wildman–Crippen MR) is 95.4 cm³/mol. The number of hydrogen-bond donors (Lipinski definition) is 0. The fourth-order valence-corrected chi connectivity index (χ4v) is 2.81. The molecule has 27 heavy (non-hydrogen) atoms. The summed E-state index contributed by atoms with van der Waals surface area (Å²) < 4.78 is 17.4. The first-order valence-corrected chi connectivity index (χ1v) is 8.34. The van der Waals surface area contributed by atoms with Crippen LogP contribution >= 0.6 is 0 Å². The highest BCUT2D eigenvalue weighted by Gasteiger charge is 2.19. The van der Waals surface area contributed by atoms with Crippen LogP contribution in [-0.4, -0.2) is 28.8 Å². The van der Waals surface area contributed by atoms with Crippen molar-refractivity contribution in [2.24, 2.45) is 0 Å². The molecule has 0 atom stereocenters. The third-order valence-corrected chi connectivity index (χ3v) is 4.15. The van der Waals surface area contributed by atoms with E-state index < -0.39 is 5.97 Å². The standard InChI is InChI=1S/C20H16N2O5/c23-11-15-6-18-19(27-13-26-18)7-17(15)16-8-21-22(9-16)10-20(24)25-12-14-4-2-1-3-5-14/h1-9,11H,10,12-13H2. The molecular formula is C20H16N2O5. The van der Waals surface area contributed by atoms with E-state index >= 15 is 0 Å². The lowest BCUT2D eigenvalue weighted by Gasteiger charge is -2.05. The summed E-state index contributed by atoms with van der Waals surface area (Å²) in [5.41, 5.74) is 2.75. The lowest BCUT2D eigenvalue weighted by atomic mass is 10.0. The number of aldehydes is 1. The molecule has 0 radical (unpaired) electrons. The second-order valence-electron chi connectivity index (χ2n) is 5.98. The largest absolute Gasteiger partial charge is 0.459 e. The normalized spacial score (nSPS) is 12.0. The number of carbonyl (C=O) groups is 2. The summed E-state index contributed by atoms with van der Waals surface area (Å²) in [4.78, 5) is 23.4. The minimum Gasteiger partial charge on any atom is -0.459 e. The number of ether oxygens (including phenoxy) is 3. The molecule has 1 aliphatic heterocycles. The lowest BCUT2D eigenvalue weighted by Crippen LogP contribution is -2.13. The van der Waals surface area contributed by atoms with Gasteiger partial charge < -0.3 is 14.2 Å². The van der Waals surface area contributed by atoms with Gasteiger partial charge in [-0.1, -0.05) is 30.3 Å². The minimum atomic E-state index is -0.394. The van der Waals surface area contributed by atoms with Crippen LogP contribution in [0, 0.1) is 0 Å². The van der Waals surface area contributed by atoms with Crippen molar-refractivity contribution in [3.05, 3.63) is 66.0 Å². The Kier molecular flexibility index (Phi) is 4.57. The summed E-state index contributed by atoms with van der Waals surface area (Å²) in [7, 11) is 0. The molecule has 1 aliphatic rings. The third kappa shape index (κ3) is 3.67. The molecule has 2 heterocycles. The maximum atomic E-state index is 12.0. The molecule has 7 heteroatoms. The van der Waals surface area contributed by atoms with E-state index in [0.717, 1.165) is 11.8 Å². The topological polar surface area (TPSA) is 79.7 Å². The van der Waals surface area contributed by atoms with Crippen molar-refractivity contribution in [2.75, 3.05) is 6.79 Å². The number of rotatable bonds is 6.